The molecule has 0 atom stereocenters. The van der Waals surface area contributed by atoms with E-state index in [1.807, 2.05) is 17.7 Å². The van der Waals surface area contributed by atoms with Crippen molar-refractivity contribution in [2.24, 2.45) is 0 Å². The van der Waals surface area contributed by atoms with Crippen molar-refractivity contribution in [3.8, 4) is 11.3 Å². The van der Waals surface area contributed by atoms with Gasteiger partial charge in [-0.05, 0) is 43.0 Å². The molecule has 1 N–H and O–H groups in total. The highest BCUT2D eigenvalue weighted by molar-refractivity contribution is 5.61. The maximum Gasteiger partial charge on any atom is 0.255 e. The zero-order valence-electron chi connectivity index (χ0n) is 13.6. The van der Waals surface area contributed by atoms with Crippen molar-refractivity contribution in [2.45, 2.75) is 45.2 Å². The molecule has 3 rings (SSSR count). The van der Waals surface area contributed by atoms with E-state index in [0.29, 0.717) is 18.5 Å². The molecule has 1 fully saturated rings. The van der Waals surface area contributed by atoms with Gasteiger partial charge in [-0.1, -0.05) is 44.2 Å². The lowest BCUT2D eigenvalue weighted by Gasteiger charge is -2.15. The van der Waals surface area contributed by atoms with E-state index in [1.165, 1.54) is 5.56 Å². The molecule has 0 radical (unpaired) electrons. The largest absolute Gasteiger partial charge is 0.315 e. The molecular weight excluding hydrogens is 272 g/mol. The van der Waals surface area contributed by atoms with Crippen LogP contribution in [0.1, 0.15) is 49.8 Å². The summed E-state index contributed by atoms with van der Waals surface area (Å²) < 4.78 is 2.00. The molecule has 0 aliphatic heterocycles. The lowest BCUT2D eigenvalue weighted by Crippen LogP contribution is -2.26. The molecule has 22 heavy (non-hydrogen) atoms. The molecule has 0 unspecified atom stereocenters. The highest BCUT2D eigenvalue weighted by Gasteiger charge is 2.27. The first kappa shape index (κ1) is 15.0. The first-order chi connectivity index (χ1) is 10.6. The van der Waals surface area contributed by atoms with Crippen molar-refractivity contribution < 1.29 is 0 Å². The van der Waals surface area contributed by atoms with Gasteiger partial charge in [-0.2, -0.15) is 0 Å². The summed E-state index contributed by atoms with van der Waals surface area (Å²) in [4.78, 5) is 12.7. The van der Waals surface area contributed by atoms with Crippen LogP contribution in [-0.4, -0.2) is 11.6 Å². The Morgan fingerprint density at radius 2 is 1.82 bits per heavy atom. The Bertz CT molecular complexity index is 709. The number of nitrogens with one attached hydrogen (secondary N) is 1. The quantitative estimate of drug-likeness (QED) is 0.913. The van der Waals surface area contributed by atoms with E-state index in [0.717, 1.165) is 29.7 Å². The molecule has 3 nitrogen and oxygen atoms in total. The summed E-state index contributed by atoms with van der Waals surface area (Å²) >= 11 is 0. The number of pyridine rings is 1. The Labute approximate surface area is 132 Å². The SMILES string of the molecule is CNCc1ccc(-c2ccc(C(C)C)cc2)n(C2CC2)c1=O. The molecule has 116 valence electrons. The fourth-order valence-corrected chi connectivity index (χ4v) is 2.89. The number of hydrogen-bond donors (Lipinski definition) is 1. The number of benzene rings is 1. The molecule has 1 saturated carbocycles. The predicted molar refractivity (Wildman–Crippen MR) is 91.3 cm³/mol. The van der Waals surface area contributed by atoms with Crippen LogP contribution in [0.25, 0.3) is 11.3 Å². The smallest absolute Gasteiger partial charge is 0.255 e. The minimum absolute atomic E-state index is 0.155. The van der Waals surface area contributed by atoms with E-state index in [4.69, 9.17) is 0 Å². The third-order valence-corrected chi connectivity index (χ3v) is 4.35. The fourth-order valence-electron chi connectivity index (χ4n) is 2.89. The maximum atomic E-state index is 12.7. The predicted octanol–water partition coefficient (Wildman–Crippen LogP) is 3.69. The first-order valence-electron chi connectivity index (χ1n) is 8.11. The Kier molecular flexibility index (Phi) is 4.16. The Balaban J connectivity index is 2.06. The summed E-state index contributed by atoms with van der Waals surface area (Å²) in [6.45, 7) is 5.02. The van der Waals surface area contributed by atoms with Crippen molar-refractivity contribution in [1.82, 2.24) is 9.88 Å². The van der Waals surface area contributed by atoms with E-state index in [2.05, 4.69) is 49.5 Å². The second-order valence-corrected chi connectivity index (χ2v) is 6.46. The van der Waals surface area contributed by atoms with Crippen LogP contribution in [-0.2, 0) is 6.54 Å². The van der Waals surface area contributed by atoms with Gasteiger partial charge < -0.3 is 9.88 Å². The van der Waals surface area contributed by atoms with Gasteiger partial charge in [0.1, 0.15) is 0 Å². The molecule has 2 aromatic rings. The Morgan fingerprint density at radius 1 is 1.14 bits per heavy atom. The summed E-state index contributed by atoms with van der Waals surface area (Å²) in [6, 6.07) is 13.1. The summed E-state index contributed by atoms with van der Waals surface area (Å²) in [5.74, 6) is 0.526. The normalized spacial score (nSPS) is 14.5. The van der Waals surface area contributed by atoms with Gasteiger partial charge in [0.05, 0.1) is 5.69 Å². The molecule has 0 saturated heterocycles. The van der Waals surface area contributed by atoms with E-state index < -0.39 is 0 Å². The van der Waals surface area contributed by atoms with Crippen LogP contribution in [0.4, 0.5) is 0 Å². The van der Waals surface area contributed by atoms with E-state index >= 15 is 0 Å². The average molecular weight is 296 g/mol. The number of aromatic nitrogens is 1. The summed E-state index contributed by atoms with van der Waals surface area (Å²) in [5.41, 5.74) is 4.50. The van der Waals surface area contributed by atoms with E-state index in [-0.39, 0.29) is 5.56 Å². The van der Waals surface area contributed by atoms with Crippen LogP contribution in [0.2, 0.25) is 0 Å². The van der Waals surface area contributed by atoms with Gasteiger partial charge in [0.2, 0.25) is 0 Å². The lowest BCUT2D eigenvalue weighted by atomic mass is 10.0. The molecule has 1 aromatic heterocycles. The van der Waals surface area contributed by atoms with E-state index in [1.54, 1.807) is 0 Å². The van der Waals surface area contributed by atoms with Gasteiger partial charge in [0.25, 0.3) is 5.56 Å². The summed E-state index contributed by atoms with van der Waals surface area (Å²) in [7, 11) is 1.87. The third-order valence-electron chi connectivity index (χ3n) is 4.35. The highest BCUT2D eigenvalue weighted by Crippen LogP contribution is 2.37. The van der Waals surface area contributed by atoms with Gasteiger partial charge in [-0.15, -0.1) is 0 Å². The average Bonchev–Trinajstić information content (AvgIpc) is 3.34. The fraction of sp³-hybridized carbons (Fsp3) is 0.421. The topological polar surface area (TPSA) is 34.0 Å². The van der Waals surface area contributed by atoms with Crippen LogP contribution >= 0.6 is 0 Å². The van der Waals surface area contributed by atoms with Crippen LogP contribution < -0.4 is 10.9 Å². The van der Waals surface area contributed by atoms with E-state index in [9.17, 15) is 4.79 Å². The van der Waals surface area contributed by atoms with Crippen LogP contribution in [0.3, 0.4) is 0 Å². The van der Waals surface area contributed by atoms with Gasteiger partial charge in [-0.3, -0.25) is 4.79 Å². The molecule has 1 aliphatic rings. The third kappa shape index (κ3) is 2.86. The zero-order chi connectivity index (χ0) is 15.7. The number of nitrogens with zero attached hydrogens (tertiary/aromatic N) is 1. The van der Waals surface area contributed by atoms with Crippen LogP contribution in [0.5, 0.6) is 0 Å². The molecular formula is C19H24N2O. The second-order valence-electron chi connectivity index (χ2n) is 6.46. The number of hydrogen-bond acceptors (Lipinski definition) is 2. The van der Waals surface area contributed by atoms with Gasteiger partial charge in [0, 0.05) is 18.2 Å². The van der Waals surface area contributed by atoms with Gasteiger partial charge in [0.15, 0.2) is 0 Å². The summed E-state index contributed by atoms with van der Waals surface area (Å²) in [5, 5.41) is 3.08. The standard InChI is InChI=1S/C19H24N2O/c1-13(2)14-4-6-15(7-5-14)18-11-8-16(12-20-3)19(22)21(18)17-9-10-17/h4-8,11,13,17,20H,9-10,12H2,1-3H3. The minimum atomic E-state index is 0.155. The van der Waals surface area contributed by atoms with Gasteiger partial charge >= 0.3 is 0 Å². The minimum Gasteiger partial charge on any atom is -0.315 e. The highest BCUT2D eigenvalue weighted by atomic mass is 16.1. The second kappa shape index (κ2) is 6.09. The van der Waals surface area contributed by atoms with Crippen molar-refractivity contribution in [3.05, 3.63) is 57.9 Å². The van der Waals surface area contributed by atoms with Crippen LogP contribution in [0, 0.1) is 0 Å². The zero-order valence-corrected chi connectivity index (χ0v) is 13.6. The van der Waals surface area contributed by atoms with Gasteiger partial charge in [-0.25, -0.2) is 0 Å². The Morgan fingerprint density at radius 3 is 2.36 bits per heavy atom. The Hall–Kier alpha value is -1.87. The molecule has 1 heterocycles. The van der Waals surface area contributed by atoms with Crippen LogP contribution in [0.15, 0.2) is 41.2 Å². The molecule has 0 spiro atoms. The molecule has 1 aliphatic carbocycles. The first-order valence-corrected chi connectivity index (χ1v) is 8.11. The molecule has 0 bridgehead atoms. The van der Waals surface area contributed by atoms with Crippen molar-refractivity contribution in [1.29, 1.82) is 0 Å². The molecule has 1 aromatic carbocycles. The van der Waals surface area contributed by atoms with Crippen molar-refractivity contribution in [2.75, 3.05) is 7.05 Å². The number of rotatable bonds is 5. The van der Waals surface area contributed by atoms with Crippen molar-refractivity contribution in [3.63, 3.8) is 0 Å². The lowest BCUT2D eigenvalue weighted by molar-refractivity contribution is 0.691. The molecule has 3 heteroatoms. The molecule has 0 amide bonds. The maximum absolute atomic E-state index is 12.7. The van der Waals surface area contributed by atoms with Crippen molar-refractivity contribution >= 4 is 0 Å². The monoisotopic (exact) mass is 296 g/mol. The summed E-state index contributed by atoms with van der Waals surface area (Å²) in [6.07, 6.45) is 2.22.